The van der Waals surface area contributed by atoms with Gasteiger partial charge in [-0.3, -0.25) is 4.79 Å². The number of hydrogen-bond donors (Lipinski definition) is 1. The van der Waals surface area contributed by atoms with E-state index in [1.54, 1.807) is 12.1 Å². The normalized spacial score (nSPS) is 11.1. The molecule has 0 bridgehead atoms. The smallest absolute Gasteiger partial charge is 0.483 e. The number of rotatable bonds is 1. The maximum Gasteiger partial charge on any atom is 0.573 e. The zero-order chi connectivity index (χ0) is 10.8. The van der Waals surface area contributed by atoms with Gasteiger partial charge in [-0.15, -0.1) is 13.2 Å². The van der Waals surface area contributed by atoms with Crippen molar-refractivity contribution in [3.05, 3.63) is 18.2 Å². The van der Waals surface area contributed by atoms with Gasteiger partial charge in [0.25, 0.3) is 6.47 Å². The summed E-state index contributed by atoms with van der Waals surface area (Å²) in [4.78, 5) is 8.36. The van der Waals surface area contributed by atoms with Crippen molar-refractivity contribution in [3.63, 3.8) is 0 Å². The van der Waals surface area contributed by atoms with Crippen molar-refractivity contribution in [2.45, 2.75) is 6.36 Å². The summed E-state index contributed by atoms with van der Waals surface area (Å²) in [5, 5.41) is 6.89. The Balaban J connectivity index is 0.000000293. The van der Waals surface area contributed by atoms with Crippen LogP contribution in [-0.2, 0) is 4.79 Å². The van der Waals surface area contributed by atoms with E-state index in [1.807, 2.05) is 0 Å². The predicted molar refractivity (Wildman–Crippen MR) is 40.8 cm³/mol. The first-order valence-electron chi connectivity index (χ1n) is 3.46. The van der Waals surface area contributed by atoms with Gasteiger partial charge in [0.1, 0.15) is 5.75 Å². The van der Waals surface area contributed by atoms with Gasteiger partial charge in [-0.1, -0.05) is 6.07 Å². The van der Waals surface area contributed by atoms with Gasteiger partial charge in [-0.2, -0.15) is 0 Å². The molecule has 3 nitrogen and oxygen atoms in total. The lowest BCUT2D eigenvalue weighted by Gasteiger charge is -2.05. The Labute approximate surface area is 76.7 Å². The Hall–Kier alpha value is -1.72. The van der Waals surface area contributed by atoms with E-state index >= 15 is 0 Å². The number of fused-ring (bicyclic) bond motifs is 1. The molecule has 0 aromatic carbocycles. The fourth-order valence-corrected chi connectivity index (χ4v) is 0.940. The third-order valence-corrected chi connectivity index (χ3v) is 1.43. The van der Waals surface area contributed by atoms with E-state index < -0.39 is 6.36 Å². The van der Waals surface area contributed by atoms with Crippen molar-refractivity contribution in [2.24, 2.45) is 0 Å². The topological polar surface area (TPSA) is 46.5 Å². The molecule has 0 radical (unpaired) electrons. The summed E-state index contributed by atoms with van der Waals surface area (Å²) in [6.45, 7) is -0.250. The molecule has 2 rings (SSSR count). The van der Waals surface area contributed by atoms with E-state index in [2.05, 4.69) is 4.74 Å². The van der Waals surface area contributed by atoms with Gasteiger partial charge in [0, 0.05) is 5.56 Å². The summed E-state index contributed by atoms with van der Waals surface area (Å²) in [6, 6.07) is 4.55. The number of hydrogen-bond acceptors (Lipinski definition) is 2. The van der Waals surface area contributed by atoms with E-state index in [9.17, 15) is 13.2 Å². The van der Waals surface area contributed by atoms with Crippen LogP contribution in [0.15, 0.2) is 18.2 Å². The van der Waals surface area contributed by atoms with Gasteiger partial charge in [-0.05, 0) is 17.7 Å². The summed E-state index contributed by atoms with van der Waals surface area (Å²) in [5.41, 5.74) is 1.41. The lowest BCUT2D eigenvalue weighted by atomic mass is 10.5. The summed E-state index contributed by atoms with van der Waals surface area (Å²) in [7, 11) is 0. The van der Waals surface area contributed by atoms with Crippen molar-refractivity contribution in [1.29, 1.82) is 0 Å². The number of carbonyl (C=O) groups is 1. The molecule has 0 saturated carbocycles. The highest BCUT2D eigenvalue weighted by Gasteiger charge is 2.34. The third-order valence-electron chi connectivity index (χ3n) is 1.43. The summed E-state index contributed by atoms with van der Waals surface area (Å²) < 4.78 is 38.5. The van der Waals surface area contributed by atoms with Crippen LogP contribution < -0.4 is 4.74 Å². The van der Waals surface area contributed by atoms with Gasteiger partial charge in [0.2, 0.25) is 0 Å². The van der Waals surface area contributed by atoms with E-state index in [0.29, 0.717) is 5.56 Å². The maximum absolute atomic E-state index is 11.6. The molecule has 0 aliphatic heterocycles. The molecule has 6 heteroatoms. The molecule has 0 saturated heterocycles. The third kappa shape index (κ3) is 2.65. The Morgan fingerprint density at radius 2 is 1.93 bits per heavy atom. The van der Waals surface area contributed by atoms with Crippen LogP contribution in [0.5, 0.6) is 5.75 Å². The SMILES string of the molecule is FC(F)(F)Oc1ccc2cc1-2.O=CO. The molecule has 0 spiro atoms. The molecular weight excluding hydrogens is 201 g/mol. The van der Waals surface area contributed by atoms with E-state index in [1.165, 1.54) is 6.07 Å². The van der Waals surface area contributed by atoms with Gasteiger partial charge < -0.3 is 9.84 Å². The number of halogens is 3. The fourth-order valence-electron chi connectivity index (χ4n) is 0.940. The van der Waals surface area contributed by atoms with Crippen LogP contribution in [0, 0.1) is 0 Å². The quantitative estimate of drug-likeness (QED) is 0.728. The van der Waals surface area contributed by atoms with Crippen LogP contribution in [0.2, 0.25) is 0 Å². The van der Waals surface area contributed by atoms with Gasteiger partial charge >= 0.3 is 6.36 Å². The van der Waals surface area contributed by atoms with Gasteiger partial charge in [0.15, 0.2) is 0 Å². The highest BCUT2D eigenvalue weighted by molar-refractivity contribution is 5.87. The van der Waals surface area contributed by atoms with Crippen LogP contribution >= 0.6 is 0 Å². The predicted octanol–water partition coefficient (Wildman–Crippen LogP) is 2.27. The minimum Gasteiger partial charge on any atom is -0.483 e. The Morgan fingerprint density at radius 1 is 1.36 bits per heavy atom. The molecule has 0 aromatic rings. The summed E-state index contributed by atoms with van der Waals surface area (Å²) in [6.07, 6.45) is -4.57. The lowest BCUT2D eigenvalue weighted by molar-refractivity contribution is -0.274. The van der Waals surface area contributed by atoms with Crippen LogP contribution in [-0.4, -0.2) is 17.9 Å². The molecule has 1 N–H and O–H groups in total. The molecule has 2 aliphatic rings. The molecule has 0 atom stereocenters. The van der Waals surface area contributed by atoms with Crippen LogP contribution in [0.4, 0.5) is 13.2 Å². The highest BCUT2D eigenvalue weighted by Crippen LogP contribution is 2.45. The zero-order valence-corrected chi connectivity index (χ0v) is 6.71. The first kappa shape index (κ1) is 10.4. The van der Waals surface area contributed by atoms with Crippen LogP contribution in [0.1, 0.15) is 0 Å². The Morgan fingerprint density at radius 3 is 2.21 bits per heavy atom. The monoisotopic (exact) mass is 206 g/mol. The maximum atomic E-state index is 11.6. The minimum atomic E-state index is -4.57. The second kappa shape index (κ2) is 3.57. The van der Waals surface area contributed by atoms with Crippen molar-refractivity contribution in [1.82, 2.24) is 0 Å². The first-order chi connectivity index (χ1) is 6.48. The molecule has 0 heterocycles. The standard InChI is InChI=1S/C7H3F3O.CH2O2/c8-7(9,10)11-6-2-1-4-3-5(4)6;2-1-3/h1-3H;1H,(H,2,3). The zero-order valence-electron chi connectivity index (χ0n) is 6.71. The van der Waals surface area contributed by atoms with E-state index in [4.69, 9.17) is 9.90 Å². The Bertz CT molecular complexity index is 346. The molecule has 76 valence electrons. The van der Waals surface area contributed by atoms with Gasteiger partial charge in [-0.25, -0.2) is 0 Å². The number of benzene rings is 1. The van der Waals surface area contributed by atoms with Gasteiger partial charge in [0.05, 0.1) is 0 Å². The van der Waals surface area contributed by atoms with Crippen molar-refractivity contribution in [2.75, 3.05) is 0 Å². The van der Waals surface area contributed by atoms with Crippen molar-refractivity contribution < 1.29 is 27.8 Å². The summed E-state index contributed by atoms with van der Waals surface area (Å²) in [5.74, 6) is -0.0903. The van der Waals surface area contributed by atoms with Crippen molar-refractivity contribution in [3.8, 4) is 16.9 Å². The number of ether oxygens (including phenoxy) is 1. The Kier molecular flexibility index (Phi) is 2.64. The molecule has 0 fully saturated rings. The number of alkyl halides is 3. The minimum absolute atomic E-state index is 0.0903. The molecule has 14 heavy (non-hydrogen) atoms. The fraction of sp³-hybridized carbons (Fsp3) is 0.125. The molecule has 0 unspecified atom stereocenters. The molecule has 2 aliphatic carbocycles. The first-order valence-corrected chi connectivity index (χ1v) is 3.46. The second-order valence-electron chi connectivity index (χ2n) is 2.36. The second-order valence-corrected chi connectivity index (χ2v) is 2.36. The molecule has 0 amide bonds. The average Bonchev–Trinajstić information content (AvgIpc) is 2.70. The average molecular weight is 206 g/mol. The molecular formula is C8H5F3O3. The van der Waals surface area contributed by atoms with E-state index in [0.717, 1.165) is 5.56 Å². The lowest BCUT2D eigenvalue weighted by Crippen LogP contribution is -2.16. The van der Waals surface area contributed by atoms with Crippen LogP contribution in [0.3, 0.4) is 0 Å². The van der Waals surface area contributed by atoms with Crippen LogP contribution in [0.25, 0.3) is 11.1 Å². The van der Waals surface area contributed by atoms with E-state index in [-0.39, 0.29) is 12.2 Å². The number of carboxylic acid groups (broad SMARTS) is 1. The molecule has 0 aromatic heterocycles. The highest BCUT2D eigenvalue weighted by atomic mass is 19.4. The van der Waals surface area contributed by atoms with Crippen molar-refractivity contribution >= 4 is 6.47 Å². The summed E-state index contributed by atoms with van der Waals surface area (Å²) >= 11 is 0. The largest absolute Gasteiger partial charge is 0.573 e.